The number of amides is 1. The van der Waals surface area contributed by atoms with Gasteiger partial charge in [-0.15, -0.1) is 0 Å². The first-order chi connectivity index (χ1) is 10.1. The van der Waals surface area contributed by atoms with Gasteiger partial charge in [0.1, 0.15) is 0 Å². The molecule has 0 aromatic heterocycles. The van der Waals surface area contributed by atoms with Gasteiger partial charge >= 0.3 is 5.97 Å². The van der Waals surface area contributed by atoms with Gasteiger partial charge in [-0.3, -0.25) is 4.79 Å². The van der Waals surface area contributed by atoms with Crippen LogP contribution in [0.3, 0.4) is 0 Å². The highest BCUT2D eigenvalue weighted by Crippen LogP contribution is 2.42. The van der Waals surface area contributed by atoms with Gasteiger partial charge in [-0.05, 0) is 31.1 Å². The lowest BCUT2D eigenvalue weighted by molar-refractivity contribution is -0.148. The fourth-order valence-electron chi connectivity index (χ4n) is 4.34. The molecule has 118 valence electrons. The van der Waals surface area contributed by atoms with E-state index in [-0.39, 0.29) is 18.4 Å². The molecule has 5 nitrogen and oxygen atoms in total. The highest BCUT2D eigenvalue weighted by Gasteiger charge is 2.45. The molecule has 1 amide bonds. The second-order valence-corrected chi connectivity index (χ2v) is 6.99. The van der Waals surface area contributed by atoms with Crippen LogP contribution in [0.15, 0.2) is 0 Å². The maximum Gasteiger partial charge on any atom is 0.331 e. The Kier molecular flexibility index (Phi) is 4.20. The molecule has 21 heavy (non-hydrogen) atoms. The molecular weight excluding hydrogens is 270 g/mol. The average Bonchev–Trinajstić information content (AvgIpc) is 2.96. The summed E-state index contributed by atoms with van der Waals surface area (Å²) in [4.78, 5) is 24.0. The molecule has 1 saturated heterocycles. The third kappa shape index (κ3) is 2.93. The third-order valence-electron chi connectivity index (χ3n) is 5.70. The Labute approximate surface area is 125 Å². The SMILES string of the molecule is O=C(NC1(C(=O)O)CCOC1)C1CCC2CCCCC2C1. The lowest BCUT2D eigenvalue weighted by atomic mass is 9.67. The molecule has 4 atom stereocenters. The highest BCUT2D eigenvalue weighted by atomic mass is 16.5. The number of fused-ring (bicyclic) bond motifs is 1. The van der Waals surface area contributed by atoms with E-state index < -0.39 is 11.5 Å². The maximum absolute atomic E-state index is 12.5. The van der Waals surface area contributed by atoms with Crippen LogP contribution in [0, 0.1) is 17.8 Å². The summed E-state index contributed by atoms with van der Waals surface area (Å²) >= 11 is 0. The van der Waals surface area contributed by atoms with Crippen LogP contribution in [0.5, 0.6) is 0 Å². The second-order valence-electron chi connectivity index (χ2n) is 6.99. The average molecular weight is 295 g/mol. The number of carboxylic acid groups (broad SMARTS) is 1. The van der Waals surface area contributed by atoms with Crippen LogP contribution in [0.25, 0.3) is 0 Å². The quantitative estimate of drug-likeness (QED) is 0.834. The van der Waals surface area contributed by atoms with Crippen molar-refractivity contribution in [2.75, 3.05) is 13.2 Å². The number of ether oxygens (including phenoxy) is 1. The van der Waals surface area contributed by atoms with Crippen LogP contribution in [-0.2, 0) is 14.3 Å². The van der Waals surface area contributed by atoms with E-state index in [4.69, 9.17) is 4.74 Å². The molecule has 5 heteroatoms. The van der Waals surface area contributed by atoms with Gasteiger partial charge in [0.05, 0.1) is 6.61 Å². The lowest BCUT2D eigenvalue weighted by Gasteiger charge is -2.39. The Morgan fingerprint density at radius 3 is 2.52 bits per heavy atom. The Balaban J connectivity index is 1.61. The number of carboxylic acids is 1. The van der Waals surface area contributed by atoms with Gasteiger partial charge in [-0.1, -0.05) is 25.7 Å². The number of nitrogens with one attached hydrogen (secondary N) is 1. The Morgan fingerprint density at radius 1 is 1.10 bits per heavy atom. The van der Waals surface area contributed by atoms with E-state index in [9.17, 15) is 14.7 Å². The Bertz CT molecular complexity index is 417. The van der Waals surface area contributed by atoms with E-state index in [1.165, 1.54) is 25.7 Å². The van der Waals surface area contributed by atoms with Gasteiger partial charge in [0, 0.05) is 18.9 Å². The normalized spacial score (nSPS) is 39.5. The molecule has 0 aromatic rings. The first kappa shape index (κ1) is 14.8. The second kappa shape index (κ2) is 5.95. The van der Waals surface area contributed by atoms with Crippen molar-refractivity contribution in [1.29, 1.82) is 0 Å². The van der Waals surface area contributed by atoms with Crippen molar-refractivity contribution in [3.8, 4) is 0 Å². The van der Waals surface area contributed by atoms with Gasteiger partial charge < -0.3 is 15.2 Å². The van der Waals surface area contributed by atoms with Gasteiger partial charge in [0.2, 0.25) is 5.91 Å². The molecule has 0 bridgehead atoms. The van der Waals surface area contributed by atoms with E-state index in [0.717, 1.165) is 25.2 Å². The number of hydrogen-bond acceptors (Lipinski definition) is 3. The number of carbonyl (C=O) groups excluding carboxylic acids is 1. The number of carbonyl (C=O) groups is 2. The number of aliphatic carboxylic acids is 1. The number of hydrogen-bond donors (Lipinski definition) is 2. The topological polar surface area (TPSA) is 75.6 Å². The molecular formula is C16H25NO4. The van der Waals surface area contributed by atoms with E-state index >= 15 is 0 Å². The van der Waals surface area contributed by atoms with E-state index in [2.05, 4.69) is 5.32 Å². The predicted molar refractivity (Wildman–Crippen MR) is 76.7 cm³/mol. The van der Waals surface area contributed by atoms with Gasteiger partial charge in [0.15, 0.2) is 5.54 Å². The smallest absolute Gasteiger partial charge is 0.331 e. The molecule has 3 aliphatic rings. The molecule has 3 fully saturated rings. The molecule has 0 radical (unpaired) electrons. The van der Waals surface area contributed by atoms with Crippen molar-refractivity contribution in [3.63, 3.8) is 0 Å². The van der Waals surface area contributed by atoms with Crippen molar-refractivity contribution in [2.45, 2.75) is 56.9 Å². The van der Waals surface area contributed by atoms with E-state index in [1.54, 1.807) is 0 Å². The summed E-state index contributed by atoms with van der Waals surface area (Å²) in [6, 6.07) is 0. The molecule has 1 aliphatic heterocycles. The zero-order valence-corrected chi connectivity index (χ0v) is 12.5. The third-order valence-corrected chi connectivity index (χ3v) is 5.70. The van der Waals surface area contributed by atoms with Crippen molar-refractivity contribution < 1.29 is 19.4 Å². The predicted octanol–water partition coefficient (Wildman–Crippen LogP) is 1.95. The van der Waals surface area contributed by atoms with Gasteiger partial charge in [-0.25, -0.2) is 4.79 Å². The lowest BCUT2D eigenvalue weighted by Crippen LogP contribution is -2.57. The fourth-order valence-corrected chi connectivity index (χ4v) is 4.34. The molecule has 0 aromatic carbocycles. The summed E-state index contributed by atoms with van der Waals surface area (Å²) in [5.74, 6) is 0.405. The largest absolute Gasteiger partial charge is 0.479 e. The summed E-state index contributed by atoms with van der Waals surface area (Å²) in [7, 11) is 0. The minimum Gasteiger partial charge on any atom is -0.479 e. The fraction of sp³-hybridized carbons (Fsp3) is 0.875. The summed E-state index contributed by atoms with van der Waals surface area (Å²) in [5.41, 5.74) is -1.19. The van der Waals surface area contributed by atoms with Crippen LogP contribution in [0.4, 0.5) is 0 Å². The first-order valence-corrected chi connectivity index (χ1v) is 8.24. The van der Waals surface area contributed by atoms with Crippen LogP contribution in [0.1, 0.15) is 51.4 Å². The van der Waals surface area contributed by atoms with Crippen molar-refractivity contribution in [1.82, 2.24) is 5.32 Å². The first-order valence-electron chi connectivity index (χ1n) is 8.24. The van der Waals surface area contributed by atoms with Crippen LogP contribution < -0.4 is 5.32 Å². The minimum atomic E-state index is -1.19. The summed E-state index contributed by atoms with van der Waals surface area (Å²) in [6.45, 7) is 0.495. The van der Waals surface area contributed by atoms with Crippen LogP contribution >= 0.6 is 0 Å². The molecule has 4 unspecified atom stereocenters. The van der Waals surface area contributed by atoms with Crippen LogP contribution in [-0.4, -0.2) is 35.7 Å². The summed E-state index contributed by atoms with van der Waals surface area (Å²) in [5, 5.41) is 12.2. The zero-order chi connectivity index (χ0) is 14.9. The summed E-state index contributed by atoms with van der Waals surface area (Å²) in [6.07, 6.45) is 8.50. The van der Waals surface area contributed by atoms with Crippen molar-refractivity contribution >= 4 is 11.9 Å². The van der Waals surface area contributed by atoms with Crippen molar-refractivity contribution in [2.24, 2.45) is 17.8 Å². The zero-order valence-electron chi connectivity index (χ0n) is 12.5. The molecule has 2 saturated carbocycles. The molecule has 3 rings (SSSR count). The van der Waals surface area contributed by atoms with Crippen molar-refractivity contribution in [3.05, 3.63) is 0 Å². The minimum absolute atomic E-state index is 0.0128. The van der Waals surface area contributed by atoms with Crippen LogP contribution in [0.2, 0.25) is 0 Å². The summed E-state index contributed by atoms with van der Waals surface area (Å²) < 4.78 is 5.20. The highest BCUT2D eigenvalue weighted by molar-refractivity contribution is 5.88. The number of rotatable bonds is 3. The molecule has 2 aliphatic carbocycles. The molecule has 0 spiro atoms. The standard InChI is InChI=1S/C16H25NO4/c18-14(17-16(15(19)20)7-8-21-10-16)13-6-5-11-3-1-2-4-12(11)9-13/h11-13H,1-10H2,(H,17,18)(H,19,20). The maximum atomic E-state index is 12.5. The van der Waals surface area contributed by atoms with E-state index in [1.807, 2.05) is 0 Å². The van der Waals surface area contributed by atoms with E-state index in [0.29, 0.717) is 18.9 Å². The Morgan fingerprint density at radius 2 is 1.86 bits per heavy atom. The van der Waals surface area contributed by atoms with Gasteiger partial charge in [0.25, 0.3) is 0 Å². The molecule has 1 heterocycles. The molecule has 2 N–H and O–H groups in total. The monoisotopic (exact) mass is 295 g/mol. The van der Waals surface area contributed by atoms with Gasteiger partial charge in [-0.2, -0.15) is 0 Å². The Hall–Kier alpha value is -1.10.